The van der Waals surface area contributed by atoms with Crippen molar-refractivity contribution < 1.29 is 4.79 Å². The van der Waals surface area contributed by atoms with Crippen molar-refractivity contribution in [1.29, 1.82) is 0 Å². The second-order valence-corrected chi connectivity index (χ2v) is 8.63. The summed E-state index contributed by atoms with van der Waals surface area (Å²) in [6.07, 6.45) is 0. The quantitative estimate of drug-likeness (QED) is 0.586. The van der Waals surface area contributed by atoms with Crippen molar-refractivity contribution in [2.45, 2.75) is 6.54 Å². The zero-order valence-corrected chi connectivity index (χ0v) is 16.8. The van der Waals surface area contributed by atoms with Gasteiger partial charge in [-0.15, -0.1) is 22.7 Å². The lowest BCUT2D eigenvalue weighted by atomic mass is 10.1. The van der Waals surface area contributed by atoms with Crippen LogP contribution >= 0.6 is 38.6 Å². The molecule has 3 aromatic rings. The molecule has 128 valence electrons. The van der Waals surface area contributed by atoms with Crippen LogP contribution in [0.5, 0.6) is 0 Å². The minimum absolute atomic E-state index is 0.00299. The van der Waals surface area contributed by atoms with Gasteiger partial charge in [0, 0.05) is 47.6 Å². The summed E-state index contributed by atoms with van der Waals surface area (Å²) < 4.78 is 1.04. The molecule has 0 unspecified atom stereocenters. The lowest BCUT2D eigenvalue weighted by molar-refractivity contribution is 0.0747. The number of hydrogen-bond acceptors (Lipinski definition) is 5. The molecule has 0 bridgehead atoms. The number of fused-ring (bicyclic) bond motifs is 1. The highest BCUT2D eigenvalue weighted by atomic mass is 79.9. The van der Waals surface area contributed by atoms with E-state index in [2.05, 4.69) is 45.0 Å². The number of carbonyl (C=O) groups is 1. The van der Waals surface area contributed by atoms with E-state index in [0.717, 1.165) is 20.9 Å². The van der Waals surface area contributed by atoms with Crippen LogP contribution in [0.15, 0.2) is 45.6 Å². The highest BCUT2D eigenvalue weighted by Gasteiger charge is 2.24. The third-order valence-corrected chi connectivity index (χ3v) is 6.96. The summed E-state index contributed by atoms with van der Waals surface area (Å²) >= 11 is 6.61. The summed E-state index contributed by atoms with van der Waals surface area (Å²) in [4.78, 5) is 22.7. The van der Waals surface area contributed by atoms with Crippen molar-refractivity contribution in [2.75, 3.05) is 25.0 Å². The summed E-state index contributed by atoms with van der Waals surface area (Å²) in [5.74, 6) is 0.00299. The van der Waals surface area contributed by atoms with Gasteiger partial charge in [0.25, 0.3) is 5.91 Å². The minimum Gasteiger partial charge on any atom is -0.373 e. The number of thiophene rings is 1. The molecular weight excluding hydrogens is 418 g/mol. The number of amides is 1. The molecule has 1 aliphatic heterocycles. The molecule has 7 heteroatoms. The first kappa shape index (κ1) is 16.8. The van der Waals surface area contributed by atoms with E-state index in [0.29, 0.717) is 18.8 Å². The molecule has 1 aliphatic rings. The van der Waals surface area contributed by atoms with Crippen LogP contribution in [0.2, 0.25) is 0 Å². The van der Waals surface area contributed by atoms with Gasteiger partial charge in [-0.05, 0) is 33.6 Å². The number of nitrogens with zero attached hydrogens (tertiary/aromatic N) is 3. The highest BCUT2D eigenvalue weighted by Crippen LogP contribution is 2.32. The third kappa shape index (κ3) is 3.36. The van der Waals surface area contributed by atoms with E-state index in [1.165, 1.54) is 22.6 Å². The molecule has 0 saturated heterocycles. The molecule has 0 radical (unpaired) electrons. The SMILES string of the molecule is CN1CCN(C(=O)c2csc(-c3cc(Br)cs3)n2)Cc2ccccc21. The second-order valence-electron chi connectivity index (χ2n) is 5.94. The largest absolute Gasteiger partial charge is 0.373 e. The van der Waals surface area contributed by atoms with E-state index < -0.39 is 0 Å². The first-order valence-corrected chi connectivity index (χ1v) is 10.5. The van der Waals surface area contributed by atoms with Crippen LogP contribution in [0, 0.1) is 0 Å². The molecule has 0 N–H and O–H groups in total. The average Bonchev–Trinajstić information content (AvgIpc) is 3.23. The van der Waals surface area contributed by atoms with Gasteiger partial charge in [0.15, 0.2) is 0 Å². The van der Waals surface area contributed by atoms with Gasteiger partial charge in [0.1, 0.15) is 10.7 Å². The van der Waals surface area contributed by atoms with Crippen molar-refractivity contribution >= 4 is 50.2 Å². The average molecular weight is 434 g/mol. The fraction of sp³-hybridized carbons (Fsp3) is 0.222. The molecule has 1 aromatic carbocycles. The Hall–Kier alpha value is -1.70. The molecular formula is C18H16BrN3OS2. The number of rotatable bonds is 2. The lowest BCUT2D eigenvalue weighted by Crippen LogP contribution is -2.34. The van der Waals surface area contributed by atoms with E-state index in [1.807, 2.05) is 33.9 Å². The zero-order chi connectivity index (χ0) is 17.4. The monoisotopic (exact) mass is 433 g/mol. The van der Waals surface area contributed by atoms with Gasteiger partial charge >= 0.3 is 0 Å². The molecule has 0 fully saturated rings. The lowest BCUT2D eigenvalue weighted by Gasteiger charge is -2.20. The molecule has 0 atom stereocenters. The maximum atomic E-state index is 13.0. The molecule has 0 saturated carbocycles. The zero-order valence-electron chi connectivity index (χ0n) is 13.6. The Kier molecular flexibility index (Phi) is 4.62. The molecule has 4 rings (SSSR count). The van der Waals surface area contributed by atoms with Gasteiger partial charge in [-0.25, -0.2) is 4.98 Å². The predicted octanol–water partition coefficient (Wildman–Crippen LogP) is 4.73. The van der Waals surface area contributed by atoms with Crippen LogP contribution < -0.4 is 4.90 Å². The second kappa shape index (κ2) is 6.90. The van der Waals surface area contributed by atoms with E-state index in [4.69, 9.17) is 0 Å². The first-order chi connectivity index (χ1) is 12.1. The Morgan fingerprint density at radius 3 is 2.84 bits per heavy atom. The summed E-state index contributed by atoms with van der Waals surface area (Å²) in [5, 5.41) is 4.79. The number of benzene rings is 1. The van der Waals surface area contributed by atoms with Crippen molar-refractivity contribution in [3.63, 3.8) is 0 Å². The van der Waals surface area contributed by atoms with E-state index in [9.17, 15) is 4.79 Å². The Labute approximate surface area is 162 Å². The Morgan fingerprint density at radius 2 is 2.04 bits per heavy atom. The van der Waals surface area contributed by atoms with Gasteiger partial charge in [-0.1, -0.05) is 18.2 Å². The summed E-state index contributed by atoms with van der Waals surface area (Å²) in [6, 6.07) is 10.3. The third-order valence-electron chi connectivity index (χ3n) is 4.26. The smallest absolute Gasteiger partial charge is 0.273 e. The minimum atomic E-state index is 0.00299. The molecule has 25 heavy (non-hydrogen) atoms. The van der Waals surface area contributed by atoms with Crippen LogP contribution in [-0.4, -0.2) is 35.9 Å². The topological polar surface area (TPSA) is 36.4 Å². The van der Waals surface area contributed by atoms with Crippen molar-refractivity contribution in [3.05, 3.63) is 56.8 Å². The summed E-state index contributed by atoms with van der Waals surface area (Å²) in [6.45, 7) is 2.13. The maximum absolute atomic E-state index is 13.0. The predicted molar refractivity (Wildman–Crippen MR) is 108 cm³/mol. The van der Waals surface area contributed by atoms with Crippen LogP contribution in [0.3, 0.4) is 0 Å². The van der Waals surface area contributed by atoms with Crippen LogP contribution in [0.1, 0.15) is 16.1 Å². The number of carbonyl (C=O) groups excluding carboxylic acids is 1. The molecule has 2 aromatic heterocycles. The van der Waals surface area contributed by atoms with Crippen molar-refractivity contribution in [2.24, 2.45) is 0 Å². The van der Waals surface area contributed by atoms with E-state index in [1.54, 1.807) is 11.3 Å². The normalized spacial score (nSPS) is 14.3. The van der Waals surface area contributed by atoms with Gasteiger partial charge in [0.2, 0.25) is 0 Å². The number of aromatic nitrogens is 1. The van der Waals surface area contributed by atoms with Crippen molar-refractivity contribution in [3.8, 4) is 9.88 Å². The Bertz CT molecular complexity index is 920. The number of likely N-dealkylation sites (N-methyl/N-ethyl adjacent to an activating group) is 1. The molecule has 1 amide bonds. The Balaban J connectivity index is 1.58. The maximum Gasteiger partial charge on any atom is 0.273 e. The van der Waals surface area contributed by atoms with Crippen LogP contribution in [-0.2, 0) is 6.54 Å². The van der Waals surface area contributed by atoms with E-state index >= 15 is 0 Å². The fourth-order valence-corrected chi connectivity index (χ4v) is 5.24. The molecule has 0 spiro atoms. The Morgan fingerprint density at radius 1 is 1.20 bits per heavy atom. The van der Waals surface area contributed by atoms with Crippen LogP contribution in [0.4, 0.5) is 5.69 Å². The highest BCUT2D eigenvalue weighted by molar-refractivity contribution is 9.10. The van der Waals surface area contributed by atoms with Gasteiger partial charge < -0.3 is 9.80 Å². The fourth-order valence-electron chi connectivity index (χ4n) is 2.94. The molecule has 0 aliphatic carbocycles. The molecule has 3 heterocycles. The van der Waals surface area contributed by atoms with Gasteiger partial charge in [0.05, 0.1) is 4.88 Å². The summed E-state index contributed by atoms with van der Waals surface area (Å²) in [7, 11) is 2.07. The van der Waals surface area contributed by atoms with Gasteiger partial charge in [-0.3, -0.25) is 4.79 Å². The standard InChI is InChI=1S/C18H16BrN3OS2/c1-21-6-7-22(9-12-4-2-3-5-15(12)21)18(23)14-11-25-17(20-14)16-8-13(19)10-24-16/h2-5,8,10-11H,6-7,9H2,1H3. The number of halogens is 1. The van der Waals surface area contributed by atoms with E-state index in [-0.39, 0.29) is 5.91 Å². The first-order valence-electron chi connectivity index (χ1n) is 7.90. The van der Waals surface area contributed by atoms with Crippen molar-refractivity contribution in [1.82, 2.24) is 9.88 Å². The van der Waals surface area contributed by atoms with Crippen LogP contribution in [0.25, 0.3) is 9.88 Å². The number of para-hydroxylation sites is 1. The number of anilines is 1. The number of hydrogen-bond donors (Lipinski definition) is 0. The summed E-state index contributed by atoms with van der Waals surface area (Å²) in [5.41, 5.74) is 2.90. The molecule has 4 nitrogen and oxygen atoms in total. The number of thiazole rings is 1. The van der Waals surface area contributed by atoms with Gasteiger partial charge in [-0.2, -0.15) is 0 Å².